The molecule has 9 heteroatoms. The monoisotopic (exact) mass is 523 g/mol. The van der Waals surface area contributed by atoms with Gasteiger partial charge >= 0.3 is 0 Å². The third kappa shape index (κ3) is 7.34. The summed E-state index contributed by atoms with van der Waals surface area (Å²) in [6, 6.07) is 13.6. The number of nitrogens with zero attached hydrogens (tertiary/aromatic N) is 2. The van der Waals surface area contributed by atoms with Gasteiger partial charge in [-0.25, -0.2) is 8.42 Å². The van der Waals surface area contributed by atoms with Gasteiger partial charge in [0.25, 0.3) is 0 Å². The van der Waals surface area contributed by atoms with Crippen LogP contribution in [0.4, 0.5) is 5.69 Å². The Morgan fingerprint density at radius 3 is 2.41 bits per heavy atom. The zero-order valence-corrected chi connectivity index (χ0v) is 21.2. The van der Waals surface area contributed by atoms with Crippen LogP contribution in [0.3, 0.4) is 0 Å². The molecule has 0 saturated carbocycles. The van der Waals surface area contributed by atoms with E-state index in [0.29, 0.717) is 16.7 Å². The van der Waals surface area contributed by atoms with Crippen LogP contribution in [0.15, 0.2) is 53.0 Å². The number of hydrogen-bond acceptors (Lipinski definition) is 4. The lowest BCUT2D eigenvalue weighted by Gasteiger charge is -2.31. The van der Waals surface area contributed by atoms with Crippen LogP contribution in [0.5, 0.6) is 0 Å². The van der Waals surface area contributed by atoms with Crippen molar-refractivity contribution >= 4 is 43.5 Å². The molecule has 0 saturated heterocycles. The Balaban J connectivity index is 2.37. The van der Waals surface area contributed by atoms with Crippen molar-refractivity contribution in [1.29, 1.82) is 0 Å². The lowest BCUT2D eigenvalue weighted by molar-refractivity contribution is -0.139. The lowest BCUT2D eigenvalue weighted by Crippen LogP contribution is -2.51. The summed E-state index contributed by atoms with van der Waals surface area (Å²) in [5.41, 5.74) is 2.26. The van der Waals surface area contributed by atoms with E-state index in [2.05, 4.69) is 21.2 Å². The molecule has 0 fully saturated rings. The quantitative estimate of drug-likeness (QED) is 0.516. The van der Waals surface area contributed by atoms with E-state index in [1.807, 2.05) is 38.1 Å². The Morgan fingerprint density at radius 2 is 1.81 bits per heavy atom. The van der Waals surface area contributed by atoms with Gasteiger partial charge < -0.3 is 10.2 Å². The van der Waals surface area contributed by atoms with Gasteiger partial charge in [-0.2, -0.15) is 0 Å². The van der Waals surface area contributed by atoms with Gasteiger partial charge in [0.15, 0.2) is 0 Å². The molecule has 0 bridgehead atoms. The van der Waals surface area contributed by atoms with Crippen molar-refractivity contribution < 1.29 is 18.0 Å². The molecule has 0 aliphatic carbocycles. The van der Waals surface area contributed by atoms with Crippen molar-refractivity contribution in [1.82, 2.24) is 10.2 Å². The molecule has 2 aromatic rings. The zero-order valence-electron chi connectivity index (χ0n) is 18.8. The molecule has 1 unspecified atom stereocenters. The summed E-state index contributed by atoms with van der Waals surface area (Å²) in [6.45, 7) is 5.84. The fourth-order valence-electron chi connectivity index (χ4n) is 3.23. The first-order valence-electron chi connectivity index (χ1n) is 10.4. The van der Waals surface area contributed by atoms with Crippen LogP contribution in [0, 0.1) is 6.92 Å². The number of hydrogen-bond donors (Lipinski definition) is 1. The molecule has 1 atom stereocenters. The molecule has 174 valence electrons. The van der Waals surface area contributed by atoms with E-state index < -0.39 is 28.5 Å². The Kier molecular flexibility index (Phi) is 9.27. The van der Waals surface area contributed by atoms with Crippen LogP contribution in [0.25, 0.3) is 0 Å². The van der Waals surface area contributed by atoms with Crippen LogP contribution in [0.2, 0.25) is 0 Å². The SMILES string of the molecule is CCCNC(=O)C(C)N(Cc1cccc(C)c1)C(=O)CN(c1cccc(Br)c1)S(C)(=O)=O. The normalized spacial score (nSPS) is 12.2. The highest BCUT2D eigenvalue weighted by atomic mass is 79.9. The number of benzene rings is 2. The molecule has 2 rings (SSSR count). The van der Waals surface area contributed by atoms with E-state index in [1.54, 1.807) is 31.2 Å². The summed E-state index contributed by atoms with van der Waals surface area (Å²) in [4.78, 5) is 27.5. The van der Waals surface area contributed by atoms with E-state index in [9.17, 15) is 18.0 Å². The molecule has 0 radical (unpaired) electrons. The minimum Gasteiger partial charge on any atom is -0.354 e. The number of halogens is 1. The Hall–Kier alpha value is -2.39. The van der Waals surface area contributed by atoms with Crippen LogP contribution < -0.4 is 9.62 Å². The summed E-state index contributed by atoms with van der Waals surface area (Å²) in [5.74, 6) is -0.739. The van der Waals surface area contributed by atoms with Crippen LogP contribution in [-0.4, -0.2) is 50.5 Å². The Labute approximate surface area is 199 Å². The summed E-state index contributed by atoms with van der Waals surface area (Å²) in [6.07, 6.45) is 1.83. The predicted octanol–water partition coefficient (Wildman–Crippen LogP) is 3.47. The number of carbonyl (C=O) groups is 2. The predicted molar refractivity (Wildman–Crippen MR) is 131 cm³/mol. The number of aryl methyl sites for hydroxylation is 1. The molecule has 7 nitrogen and oxygen atoms in total. The smallest absolute Gasteiger partial charge is 0.244 e. The standard InChI is InChI=1S/C23H30BrN3O4S/c1-5-12-25-23(29)18(3)26(15-19-9-6-8-17(2)13-19)22(28)16-27(32(4,30)31)21-11-7-10-20(24)14-21/h6-11,13-14,18H,5,12,15-16H2,1-4H3,(H,25,29). The van der Waals surface area contributed by atoms with Gasteiger partial charge in [-0.05, 0) is 44.0 Å². The van der Waals surface area contributed by atoms with Gasteiger partial charge in [-0.15, -0.1) is 0 Å². The summed E-state index contributed by atoms with van der Waals surface area (Å²) < 4.78 is 26.8. The average Bonchev–Trinajstić information content (AvgIpc) is 2.72. The minimum absolute atomic E-state index is 0.192. The molecule has 0 aliphatic heterocycles. The van der Waals surface area contributed by atoms with Gasteiger partial charge in [0.1, 0.15) is 12.6 Å². The molecule has 0 heterocycles. The number of nitrogens with one attached hydrogen (secondary N) is 1. The second-order valence-electron chi connectivity index (χ2n) is 7.73. The second kappa shape index (κ2) is 11.5. The van der Waals surface area contributed by atoms with Gasteiger partial charge in [-0.1, -0.05) is 58.7 Å². The molecule has 2 aromatic carbocycles. The van der Waals surface area contributed by atoms with Crippen molar-refractivity contribution in [3.63, 3.8) is 0 Å². The highest BCUT2D eigenvalue weighted by molar-refractivity contribution is 9.10. The van der Waals surface area contributed by atoms with Crippen LogP contribution >= 0.6 is 15.9 Å². The number of rotatable bonds is 10. The molecular weight excluding hydrogens is 494 g/mol. The van der Waals surface area contributed by atoms with Crippen molar-refractivity contribution in [3.05, 3.63) is 64.1 Å². The van der Waals surface area contributed by atoms with Gasteiger partial charge in [0.05, 0.1) is 11.9 Å². The highest BCUT2D eigenvalue weighted by Gasteiger charge is 2.30. The van der Waals surface area contributed by atoms with E-state index in [-0.39, 0.29) is 12.5 Å². The Bertz CT molecular complexity index is 1060. The number of sulfonamides is 1. The highest BCUT2D eigenvalue weighted by Crippen LogP contribution is 2.23. The van der Waals surface area contributed by atoms with Gasteiger partial charge in [0.2, 0.25) is 21.8 Å². The molecule has 2 amide bonds. The number of carbonyl (C=O) groups excluding carboxylic acids is 2. The van der Waals surface area contributed by atoms with Crippen molar-refractivity contribution in [3.8, 4) is 0 Å². The fourth-order valence-corrected chi connectivity index (χ4v) is 4.46. The van der Waals surface area contributed by atoms with Crippen LogP contribution in [0.1, 0.15) is 31.4 Å². The third-order valence-corrected chi connectivity index (χ3v) is 6.56. The maximum Gasteiger partial charge on any atom is 0.244 e. The Morgan fingerprint density at radius 1 is 1.12 bits per heavy atom. The topological polar surface area (TPSA) is 86.8 Å². The van der Waals surface area contributed by atoms with Crippen LogP contribution in [-0.2, 0) is 26.2 Å². The minimum atomic E-state index is -3.74. The lowest BCUT2D eigenvalue weighted by atomic mass is 10.1. The fraction of sp³-hybridized carbons (Fsp3) is 0.391. The molecule has 0 aliphatic rings. The van der Waals surface area contributed by atoms with E-state index in [0.717, 1.165) is 28.1 Å². The summed E-state index contributed by atoms with van der Waals surface area (Å²) in [7, 11) is -3.74. The molecule has 1 N–H and O–H groups in total. The van der Waals surface area contributed by atoms with Crippen molar-refractivity contribution in [2.75, 3.05) is 23.7 Å². The van der Waals surface area contributed by atoms with Crippen molar-refractivity contribution in [2.24, 2.45) is 0 Å². The van der Waals surface area contributed by atoms with E-state index in [1.165, 1.54) is 4.90 Å². The molecular formula is C23H30BrN3O4S. The third-order valence-electron chi connectivity index (χ3n) is 4.93. The van der Waals surface area contributed by atoms with Gasteiger partial charge in [0, 0.05) is 17.6 Å². The number of amides is 2. The first-order valence-corrected chi connectivity index (χ1v) is 13.0. The maximum atomic E-state index is 13.4. The largest absolute Gasteiger partial charge is 0.354 e. The maximum absolute atomic E-state index is 13.4. The summed E-state index contributed by atoms with van der Waals surface area (Å²) >= 11 is 3.34. The number of anilines is 1. The van der Waals surface area contributed by atoms with E-state index in [4.69, 9.17) is 0 Å². The van der Waals surface area contributed by atoms with Crippen molar-refractivity contribution in [2.45, 2.75) is 39.8 Å². The zero-order chi connectivity index (χ0) is 23.9. The first-order chi connectivity index (χ1) is 15.0. The van der Waals surface area contributed by atoms with Gasteiger partial charge in [-0.3, -0.25) is 13.9 Å². The first kappa shape index (κ1) is 25.9. The molecule has 0 aromatic heterocycles. The molecule has 0 spiro atoms. The summed E-state index contributed by atoms with van der Waals surface area (Å²) in [5, 5.41) is 2.82. The molecule has 32 heavy (non-hydrogen) atoms. The van der Waals surface area contributed by atoms with E-state index >= 15 is 0 Å². The average molecular weight is 524 g/mol. The second-order valence-corrected chi connectivity index (χ2v) is 10.5.